The summed E-state index contributed by atoms with van der Waals surface area (Å²) in [5.41, 5.74) is 4.21. The summed E-state index contributed by atoms with van der Waals surface area (Å²) in [6, 6.07) is 8.28. The van der Waals surface area contributed by atoms with Gasteiger partial charge in [0.2, 0.25) is 0 Å². The summed E-state index contributed by atoms with van der Waals surface area (Å²) in [5, 5.41) is 0. The Balaban J connectivity index is 2.53. The number of benzene rings is 1. The molecular weight excluding hydrogens is 246 g/mol. The first-order chi connectivity index (χ1) is 6.27. The molecule has 0 bridgehead atoms. The molecule has 2 rings (SSSR count). The van der Waals surface area contributed by atoms with Crippen LogP contribution in [0.15, 0.2) is 34.2 Å². The molecule has 0 fully saturated rings. The molecule has 13 heavy (non-hydrogen) atoms. The Hall–Kier alpha value is -0.670. The first kappa shape index (κ1) is 8.91. The van der Waals surface area contributed by atoms with Gasteiger partial charge in [0.15, 0.2) is 0 Å². The van der Waals surface area contributed by atoms with E-state index in [1.165, 1.54) is 10.4 Å². The molecule has 66 valence electrons. The molecule has 0 aliphatic carbocycles. The van der Waals surface area contributed by atoms with Crippen molar-refractivity contribution in [2.24, 2.45) is 0 Å². The van der Waals surface area contributed by atoms with Gasteiger partial charge in [0, 0.05) is 4.47 Å². The lowest BCUT2D eigenvalue weighted by Gasteiger charge is -1.98. The lowest BCUT2D eigenvalue weighted by Crippen LogP contribution is -1.77. The molecule has 1 heterocycles. The van der Waals surface area contributed by atoms with Crippen molar-refractivity contribution in [3.8, 4) is 10.4 Å². The summed E-state index contributed by atoms with van der Waals surface area (Å²) in [4.78, 5) is 5.48. The molecule has 0 amide bonds. The van der Waals surface area contributed by atoms with E-state index in [0.29, 0.717) is 0 Å². The number of rotatable bonds is 1. The summed E-state index contributed by atoms with van der Waals surface area (Å²) < 4.78 is 1.11. The van der Waals surface area contributed by atoms with Crippen LogP contribution in [-0.4, -0.2) is 4.98 Å². The molecule has 0 radical (unpaired) electrons. The number of hydrogen-bond acceptors (Lipinski definition) is 2. The molecule has 1 aromatic carbocycles. The fraction of sp³-hybridized carbons (Fsp3) is 0.100. The van der Waals surface area contributed by atoms with Crippen molar-refractivity contribution in [2.75, 3.05) is 0 Å². The first-order valence-electron chi connectivity index (χ1n) is 3.93. The molecule has 0 saturated heterocycles. The Morgan fingerprint density at radius 2 is 2.23 bits per heavy atom. The van der Waals surface area contributed by atoms with Crippen molar-refractivity contribution in [3.63, 3.8) is 0 Å². The predicted molar refractivity (Wildman–Crippen MR) is 60.0 cm³/mol. The third-order valence-corrected chi connectivity index (χ3v) is 3.30. The van der Waals surface area contributed by atoms with Gasteiger partial charge in [0.05, 0.1) is 16.1 Å². The lowest BCUT2D eigenvalue weighted by atomic mass is 10.2. The zero-order chi connectivity index (χ0) is 9.26. The van der Waals surface area contributed by atoms with Gasteiger partial charge in [-0.25, -0.2) is 4.98 Å². The molecule has 0 aliphatic rings. The highest BCUT2D eigenvalue weighted by Gasteiger charge is 2.03. The van der Waals surface area contributed by atoms with Crippen LogP contribution in [0.5, 0.6) is 0 Å². The number of aryl methyl sites for hydroxylation is 1. The van der Waals surface area contributed by atoms with E-state index in [-0.39, 0.29) is 0 Å². The largest absolute Gasteiger partial charge is 0.249 e. The van der Waals surface area contributed by atoms with Gasteiger partial charge in [0.25, 0.3) is 0 Å². The van der Waals surface area contributed by atoms with Gasteiger partial charge in [-0.2, -0.15) is 0 Å². The fourth-order valence-electron chi connectivity index (χ4n) is 1.21. The van der Waals surface area contributed by atoms with Gasteiger partial charge in [-0.05, 0) is 24.6 Å². The van der Waals surface area contributed by atoms with Crippen molar-refractivity contribution in [1.82, 2.24) is 4.98 Å². The number of nitrogens with zero attached hydrogens (tertiary/aromatic N) is 1. The van der Waals surface area contributed by atoms with Crippen LogP contribution in [-0.2, 0) is 0 Å². The van der Waals surface area contributed by atoms with Gasteiger partial charge in [-0.1, -0.05) is 28.1 Å². The quantitative estimate of drug-likeness (QED) is 0.752. The van der Waals surface area contributed by atoms with Crippen molar-refractivity contribution in [1.29, 1.82) is 0 Å². The average Bonchev–Trinajstić information content (AvgIpc) is 2.51. The highest BCUT2D eigenvalue weighted by atomic mass is 79.9. The van der Waals surface area contributed by atoms with E-state index in [1.54, 1.807) is 11.3 Å². The van der Waals surface area contributed by atoms with Crippen LogP contribution < -0.4 is 0 Å². The minimum Gasteiger partial charge on any atom is -0.249 e. The maximum atomic E-state index is 4.23. The zero-order valence-corrected chi connectivity index (χ0v) is 9.52. The highest BCUT2D eigenvalue weighted by Crippen LogP contribution is 2.28. The van der Waals surface area contributed by atoms with Gasteiger partial charge < -0.3 is 0 Å². The number of aromatic nitrogens is 1. The molecule has 0 atom stereocenters. The van der Waals surface area contributed by atoms with E-state index in [1.807, 2.05) is 24.6 Å². The Bertz CT molecular complexity index is 422. The van der Waals surface area contributed by atoms with Crippen molar-refractivity contribution >= 4 is 27.3 Å². The zero-order valence-electron chi connectivity index (χ0n) is 7.12. The Morgan fingerprint density at radius 1 is 1.38 bits per heavy atom. The fourth-order valence-corrected chi connectivity index (χ4v) is 2.41. The standard InChI is InChI=1S/C10H8BrNS/c1-7-10(13-6-12-7)8-3-2-4-9(11)5-8/h2-6H,1H3. The predicted octanol–water partition coefficient (Wildman–Crippen LogP) is 3.88. The second-order valence-electron chi connectivity index (χ2n) is 2.78. The second kappa shape index (κ2) is 3.60. The van der Waals surface area contributed by atoms with Gasteiger partial charge >= 0.3 is 0 Å². The van der Waals surface area contributed by atoms with Crippen LogP contribution in [0.4, 0.5) is 0 Å². The second-order valence-corrected chi connectivity index (χ2v) is 4.55. The average molecular weight is 254 g/mol. The third kappa shape index (κ3) is 1.81. The smallest absolute Gasteiger partial charge is 0.0801 e. The van der Waals surface area contributed by atoms with E-state index in [4.69, 9.17) is 0 Å². The Labute approximate surface area is 89.6 Å². The lowest BCUT2D eigenvalue weighted by molar-refractivity contribution is 1.27. The molecular formula is C10H8BrNS. The minimum atomic E-state index is 1.10. The Morgan fingerprint density at radius 3 is 2.85 bits per heavy atom. The minimum absolute atomic E-state index is 1.10. The molecule has 0 N–H and O–H groups in total. The van der Waals surface area contributed by atoms with E-state index >= 15 is 0 Å². The summed E-state index contributed by atoms with van der Waals surface area (Å²) in [5.74, 6) is 0. The highest BCUT2D eigenvalue weighted by molar-refractivity contribution is 9.10. The van der Waals surface area contributed by atoms with Crippen LogP contribution in [0.3, 0.4) is 0 Å². The molecule has 1 nitrogen and oxygen atoms in total. The summed E-state index contributed by atoms with van der Waals surface area (Å²) in [6.07, 6.45) is 0. The topological polar surface area (TPSA) is 12.9 Å². The number of hydrogen-bond donors (Lipinski definition) is 0. The van der Waals surface area contributed by atoms with Crippen LogP contribution in [0, 0.1) is 6.92 Å². The van der Waals surface area contributed by atoms with Crippen molar-refractivity contribution < 1.29 is 0 Å². The SMILES string of the molecule is Cc1ncsc1-c1cccc(Br)c1. The van der Waals surface area contributed by atoms with E-state index in [2.05, 4.69) is 33.0 Å². The van der Waals surface area contributed by atoms with E-state index in [0.717, 1.165) is 10.2 Å². The molecule has 3 heteroatoms. The molecule has 0 unspecified atom stereocenters. The van der Waals surface area contributed by atoms with Gasteiger partial charge in [-0.3, -0.25) is 0 Å². The first-order valence-corrected chi connectivity index (χ1v) is 5.60. The van der Waals surface area contributed by atoms with Crippen molar-refractivity contribution in [3.05, 3.63) is 39.9 Å². The molecule has 0 spiro atoms. The number of thiazole rings is 1. The molecule has 0 aliphatic heterocycles. The van der Waals surface area contributed by atoms with Crippen LogP contribution in [0.2, 0.25) is 0 Å². The van der Waals surface area contributed by atoms with Gasteiger partial charge in [-0.15, -0.1) is 11.3 Å². The molecule has 2 aromatic rings. The third-order valence-electron chi connectivity index (χ3n) is 1.83. The maximum Gasteiger partial charge on any atom is 0.0801 e. The monoisotopic (exact) mass is 253 g/mol. The molecule has 0 saturated carbocycles. The van der Waals surface area contributed by atoms with Crippen LogP contribution in [0.25, 0.3) is 10.4 Å². The molecule has 1 aromatic heterocycles. The van der Waals surface area contributed by atoms with Crippen LogP contribution >= 0.6 is 27.3 Å². The normalized spacial score (nSPS) is 10.3. The van der Waals surface area contributed by atoms with Crippen LogP contribution in [0.1, 0.15) is 5.69 Å². The summed E-state index contributed by atoms with van der Waals surface area (Å²) >= 11 is 5.14. The Kier molecular flexibility index (Phi) is 2.47. The summed E-state index contributed by atoms with van der Waals surface area (Å²) in [7, 11) is 0. The van der Waals surface area contributed by atoms with E-state index in [9.17, 15) is 0 Å². The van der Waals surface area contributed by atoms with Crippen molar-refractivity contribution in [2.45, 2.75) is 6.92 Å². The van der Waals surface area contributed by atoms with E-state index < -0.39 is 0 Å². The maximum absolute atomic E-state index is 4.23. The number of halogens is 1. The summed E-state index contributed by atoms with van der Waals surface area (Å²) in [6.45, 7) is 2.03. The van der Waals surface area contributed by atoms with Gasteiger partial charge in [0.1, 0.15) is 0 Å².